The van der Waals surface area contributed by atoms with Gasteiger partial charge in [-0.2, -0.15) is 0 Å². The maximum absolute atomic E-state index is 6.08. The molecule has 1 aliphatic heterocycles. The first-order valence-electron chi connectivity index (χ1n) is 5.64. The highest BCUT2D eigenvalue weighted by atomic mass is 35.5. The van der Waals surface area contributed by atoms with Gasteiger partial charge in [0.1, 0.15) is 5.15 Å². The topological polar surface area (TPSA) is 29.0 Å². The zero-order valence-corrected chi connectivity index (χ0v) is 10.9. The van der Waals surface area contributed by atoms with Crippen LogP contribution in [-0.2, 0) is 13.0 Å². The predicted molar refractivity (Wildman–Crippen MR) is 65.9 cm³/mol. The second kappa shape index (κ2) is 5.30. The summed E-state index contributed by atoms with van der Waals surface area (Å²) in [7, 11) is 0. The highest BCUT2D eigenvalue weighted by molar-refractivity contribution is 6.32. The monoisotopic (exact) mass is 259 g/mol. The van der Waals surface area contributed by atoms with Gasteiger partial charge in [-0.25, -0.2) is 9.97 Å². The maximum Gasteiger partial charge on any atom is 0.224 e. The molecule has 0 amide bonds. The second-order valence-electron chi connectivity index (χ2n) is 4.09. The van der Waals surface area contributed by atoms with Crippen molar-refractivity contribution in [2.24, 2.45) is 0 Å². The molecular weight excluding hydrogens is 245 g/mol. The van der Waals surface area contributed by atoms with Crippen LogP contribution in [0.5, 0.6) is 0 Å². The largest absolute Gasteiger partial charge is 0.299 e. The molecule has 0 N–H and O–H groups in total. The SMILES string of the molecule is CCCCN1CCc2nc(Cl)nc(Cl)c2C1. The molecule has 0 bridgehead atoms. The summed E-state index contributed by atoms with van der Waals surface area (Å²) in [5, 5.41) is 0.766. The van der Waals surface area contributed by atoms with Crippen molar-refractivity contribution in [2.75, 3.05) is 13.1 Å². The average molecular weight is 260 g/mol. The van der Waals surface area contributed by atoms with Crippen LogP contribution in [0.2, 0.25) is 10.4 Å². The normalized spacial score (nSPS) is 16.2. The molecule has 5 heteroatoms. The summed E-state index contributed by atoms with van der Waals surface area (Å²) < 4.78 is 0. The van der Waals surface area contributed by atoms with Crippen LogP contribution in [-0.4, -0.2) is 28.0 Å². The molecule has 1 aliphatic rings. The average Bonchev–Trinajstić information content (AvgIpc) is 2.26. The molecule has 1 aromatic heterocycles. The predicted octanol–water partition coefficient (Wildman–Crippen LogP) is 2.94. The van der Waals surface area contributed by atoms with E-state index in [1.54, 1.807) is 0 Å². The fraction of sp³-hybridized carbons (Fsp3) is 0.636. The van der Waals surface area contributed by atoms with E-state index in [4.69, 9.17) is 23.2 Å². The van der Waals surface area contributed by atoms with E-state index in [1.807, 2.05) is 0 Å². The summed E-state index contributed by atoms with van der Waals surface area (Å²) in [6.07, 6.45) is 3.36. The minimum atomic E-state index is 0.255. The van der Waals surface area contributed by atoms with Crippen LogP contribution >= 0.6 is 23.2 Å². The Morgan fingerprint density at radius 2 is 2.12 bits per heavy atom. The number of rotatable bonds is 3. The Morgan fingerprint density at radius 3 is 2.88 bits per heavy atom. The van der Waals surface area contributed by atoms with Crippen molar-refractivity contribution in [1.29, 1.82) is 0 Å². The first-order chi connectivity index (χ1) is 7.70. The van der Waals surface area contributed by atoms with E-state index in [9.17, 15) is 0 Å². The third-order valence-electron chi connectivity index (χ3n) is 2.89. The lowest BCUT2D eigenvalue weighted by Crippen LogP contribution is -2.32. The third-order valence-corrected chi connectivity index (χ3v) is 3.37. The second-order valence-corrected chi connectivity index (χ2v) is 4.78. The van der Waals surface area contributed by atoms with Gasteiger partial charge in [-0.3, -0.25) is 4.90 Å². The van der Waals surface area contributed by atoms with Crippen molar-refractivity contribution in [1.82, 2.24) is 14.9 Å². The number of halogens is 2. The molecule has 0 spiro atoms. The van der Waals surface area contributed by atoms with Gasteiger partial charge in [0, 0.05) is 25.1 Å². The minimum Gasteiger partial charge on any atom is -0.299 e. The molecule has 0 saturated heterocycles. The van der Waals surface area contributed by atoms with Gasteiger partial charge in [0.2, 0.25) is 5.28 Å². The number of nitrogens with zero attached hydrogens (tertiary/aromatic N) is 3. The Bertz CT molecular complexity index is 382. The van der Waals surface area contributed by atoms with Crippen molar-refractivity contribution >= 4 is 23.2 Å². The third kappa shape index (κ3) is 2.65. The van der Waals surface area contributed by atoms with E-state index in [2.05, 4.69) is 21.8 Å². The lowest BCUT2D eigenvalue weighted by Gasteiger charge is -2.28. The van der Waals surface area contributed by atoms with E-state index in [0.29, 0.717) is 5.15 Å². The fourth-order valence-corrected chi connectivity index (χ4v) is 2.45. The molecule has 0 unspecified atom stereocenters. The smallest absolute Gasteiger partial charge is 0.224 e. The first-order valence-corrected chi connectivity index (χ1v) is 6.39. The van der Waals surface area contributed by atoms with Crippen molar-refractivity contribution in [3.8, 4) is 0 Å². The standard InChI is InChI=1S/C11H15Cl2N3/c1-2-3-5-16-6-4-9-8(7-16)10(12)15-11(13)14-9/h2-7H2,1H3. The summed E-state index contributed by atoms with van der Waals surface area (Å²) in [5.41, 5.74) is 2.06. The molecule has 0 radical (unpaired) electrons. The van der Waals surface area contributed by atoms with Crippen molar-refractivity contribution in [3.05, 3.63) is 21.7 Å². The molecule has 0 atom stereocenters. The van der Waals surface area contributed by atoms with Crippen molar-refractivity contribution in [3.63, 3.8) is 0 Å². The van der Waals surface area contributed by atoms with Crippen molar-refractivity contribution < 1.29 is 0 Å². The summed E-state index contributed by atoms with van der Waals surface area (Å²) in [5.74, 6) is 0. The van der Waals surface area contributed by atoms with E-state index >= 15 is 0 Å². The first kappa shape index (κ1) is 12.1. The van der Waals surface area contributed by atoms with Gasteiger partial charge in [-0.15, -0.1) is 0 Å². The molecule has 1 aromatic rings. The van der Waals surface area contributed by atoms with E-state index < -0.39 is 0 Å². The number of aromatic nitrogens is 2. The van der Waals surface area contributed by atoms with Crippen molar-refractivity contribution in [2.45, 2.75) is 32.7 Å². The van der Waals surface area contributed by atoms with Crippen LogP contribution in [0.3, 0.4) is 0 Å². The lowest BCUT2D eigenvalue weighted by molar-refractivity contribution is 0.248. The maximum atomic E-state index is 6.08. The van der Waals surface area contributed by atoms with Gasteiger partial charge in [0.15, 0.2) is 0 Å². The van der Waals surface area contributed by atoms with Crippen LogP contribution in [0, 0.1) is 0 Å². The highest BCUT2D eigenvalue weighted by Crippen LogP contribution is 2.24. The van der Waals surface area contributed by atoms with Crippen LogP contribution in [0.1, 0.15) is 31.0 Å². The summed E-state index contributed by atoms with van der Waals surface area (Å²) in [4.78, 5) is 10.6. The van der Waals surface area contributed by atoms with Crippen LogP contribution in [0.4, 0.5) is 0 Å². The molecule has 0 fully saturated rings. The van der Waals surface area contributed by atoms with Crippen LogP contribution in [0.25, 0.3) is 0 Å². The number of unbranched alkanes of at least 4 members (excludes halogenated alkanes) is 1. The Kier molecular flexibility index (Phi) is 4.00. The molecule has 16 heavy (non-hydrogen) atoms. The van der Waals surface area contributed by atoms with Gasteiger partial charge in [-0.1, -0.05) is 24.9 Å². The molecular formula is C11H15Cl2N3. The zero-order chi connectivity index (χ0) is 11.5. The molecule has 0 saturated carbocycles. The lowest BCUT2D eigenvalue weighted by atomic mass is 10.1. The number of hydrogen-bond donors (Lipinski definition) is 0. The van der Waals surface area contributed by atoms with Gasteiger partial charge in [0.05, 0.1) is 5.69 Å². The van der Waals surface area contributed by atoms with Crippen LogP contribution in [0.15, 0.2) is 0 Å². The van der Waals surface area contributed by atoms with E-state index in [-0.39, 0.29) is 5.28 Å². The van der Waals surface area contributed by atoms with Gasteiger partial charge < -0.3 is 0 Å². The van der Waals surface area contributed by atoms with Crippen LogP contribution < -0.4 is 0 Å². The molecule has 2 heterocycles. The fourth-order valence-electron chi connectivity index (χ4n) is 1.97. The Morgan fingerprint density at radius 1 is 1.31 bits per heavy atom. The molecule has 0 aromatic carbocycles. The Balaban J connectivity index is 2.14. The summed E-state index contributed by atoms with van der Waals surface area (Å²) in [6, 6.07) is 0. The molecule has 0 aliphatic carbocycles. The summed E-state index contributed by atoms with van der Waals surface area (Å²) >= 11 is 11.9. The highest BCUT2D eigenvalue weighted by Gasteiger charge is 2.20. The van der Waals surface area contributed by atoms with E-state index in [1.165, 1.54) is 12.8 Å². The molecule has 3 nitrogen and oxygen atoms in total. The van der Waals surface area contributed by atoms with Gasteiger partial charge in [-0.05, 0) is 24.6 Å². The van der Waals surface area contributed by atoms with Gasteiger partial charge in [0.25, 0.3) is 0 Å². The number of fused-ring (bicyclic) bond motifs is 1. The molecule has 2 rings (SSSR count). The minimum absolute atomic E-state index is 0.255. The van der Waals surface area contributed by atoms with E-state index in [0.717, 1.165) is 37.3 Å². The number of hydrogen-bond acceptors (Lipinski definition) is 3. The zero-order valence-electron chi connectivity index (χ0n) is 9.34. The quantitative estimate of drug-likeness (QED) is 0.618. The van der Waals surface area contributed by atoms with Gasteiger partial charge >= 0.3 is 0 Å². The Labute approximate surface area is 106 Å². The molecule has 88 valence electrons. The Hall–Kier alpha value is -0.380. The summed E-state index contributed by atoms with van der Waals surface area (Å²) in [6.45, 7) is 5.21.